The first-order valence-electron chi connectivity index (χ1n) is 6.79. The van der Waals surface area contributed by atoms with Crippen LogP contribution in [0, 0.1) is 10.1 Å². The lowest BCUT2D eigenvalue weighted by molar-refractivity contribution is -0.385. The smallest absolute Gasteiger partial charge is 0.283 e. The maximum atomic E-state index is 10.9. The molecule has 1 aliphatic carbocycles. The highest BCUT2D eigenvalue weighted by atomic mass is 79.9. The minimum absolute atomic E-state index is 0.153. The molecule has 0 atom stereocenters. The highest BCUT2D eigenvalue weighted by Crippen LogP contribution is 2.31. The van der Waals surface area contributed by atoms with Crippen LogP contribution in [0.1, 0.15) is 38.2 Å². The fourth-order valence-electron chi connectivity index (χ4n) is 2.82. The zero-order valence-electron chi connectivity index (χ0n) is 11.1. The summed E-state index contributed by atoms with van der Waals surface area (Å²) in [6, 6.07) is 5.91. The number of hydrogen-bond donors (Lipinski definition) is 0. The van der Waals surface area contributed by atoms with Crippen molar-refractivity contribution >= 4 is 21.6 Å². The van der Waals surface area contributed by atoms with E-state index in [4.69, 9.17) is 0 Å². The predicted octanol–water partition coefficient (Wildman–Crippen LogP) is 4.12. The number of nitro groups is 1. The fraction of sp³-hybridized carbons (Fsp3) is 0.571. The molecular weight excluding hydrogens is 308 g/mol. The lowest BCUT2D eigenvalue weighted by atomic mass is 10.1. The van der Waals surface area contributed by atoms with Crippen LogP contribution in [-0.4, -0.2) is 22.4 Å². The van der Waals surface area contributed by atoms with Gasteiger partial charge in [-0.2, -0.15) is 0 Å². The Labute approximate surface area is 122 Å². The van der Waals surface area contributed by atoms with E-state index >= 15 is 0 Å². The molecule has 5 heteroatoms. The summed E-state index contributed by atoms with van der Waals surface area (Å²) in [7, 11) is 0. The van der Waals surface area contributed by atoms with Crippen LogP contribution in [0.5, 0.6) is 0 Å². The van der Waals surface area contributed by atoms with Crippen LogP contribution in [0.25, 0.3) is 0 Å². The van der Waals surface area contributed by atoms with Gasteiger partial charge in [-0.25, -0.2) is 0 Å². The van der Waals surface area contributed by atoms with Gasteiger partial charge < -0.3 is 0 Å². The van der Waals surface area contributed by atoms with Crippen LogP contribution in [-0.2, 0) is 6.54 Å². The van der Waals surface area contributed by atoms with Crippen LogP contribution in [0.3, 0.4) is 0 Å². The fourth-order valence-corrected chi connectivity index (χ4v) is 3.35. The van der Waals surface area contributed by atoms with E-state index in [-0.39, 0.29) is 10.6 Å². The third kappa shape index (κ3) is 3.34. The standard InChI is InChI=1S/C14H19BrN2O2/c1-2-16(12-7-3-4-8-12)10-11-6-5-9-13(14(11)15)17(18)19/h5-6,9,12H,2-4,7-8,10H2,1H3. The highest BCUT2D eigenvalue weighted by molar-refractivity contribution is 9.10. The SMILES string of the molecule is CCN(Cc1cccc([N+](=O)[O-])c1Br)C1CCCC1. The summed E-state index contributed by atoms with van der Waals surface area (Å²) in [4.78, 5) is 13.0. The lowest BCUT2D eigenvalue weighted by Gasteiger charge is -2.27. The molecule has 1 aromatic carbocycles. The summed E-state index contributed by atoms with van der Waals surface area (Å²) in [5.74, 6) is 0. The minimum Gasteiger partial charge on any atom is -0.296 e. The Morgan fingerprint density at radius 2 is 2.11 bits per heavy atom. The normalized spacial score (nSPS) is 16.2. The molecule has 0 spiro atoms. The van der Waals surface area contributed by atoms with E-state index in [0.29, 0.717) is 10.5 Å². The van der Waals surface area contributed by atoms with Gasteiger partial charge in [-0.15, -0.1) is 0 Å². The van der Waals surface area contributed by atoms with Crippen molar-refractivity contribution in [1.29, 1.82) is 0 Å². The van der Waals surface area contributed by atoms with Crippen molar-refractivity contribution in [2.45, 2.75) is 45.2 Å². The Bertz CT molecular complexity index is 459. The van der Waals surface area contributed by atoms with Gasteiger partial charge in [0.05, 0.1) is 9.40 Å². The number of benzene rings is 1. The summed E-state index contributed by atoms with van der Waals surface area (Å²) in [6.45, 7) is 3.92. The van der Waals surface area contributed by atoms with E-state index in [2.05, 4.69) is 27.8 Å². The van der Waals surface area contributed by atoms with Gasteiger partial charge in [0.25, 0.3) is 5.69 Å². The first kappa shape index (κ1) is 14.5. The molecular formula is C14H19BrN2O2. The second-order valence-electron chi connectivity index (χ2n) is 5.01. The molecule has 0 amide bonds. The van der Waals surface area contributed by atoms with E-state index in [0.717, 1.165) is 18.7 Å². The van der Waals surface area contributed by atoms with Gasteiger partial charge in [0.1, 0.15) is 0 Å². The average Bonchev–Trinajstić information content (AvgIpc) is 2.91. The highest BCUT2D eigenvalue weighted by Gasteiger charge is 2.23. The van der Waals surface area contributed by atoms with Gasteiger partial charge in [0, 0.05) is 18.7 Å². The molecule has 0 aliphatic heterocycles. The number of hydrogen-bond acceptors (Lipinski definition) is 3. The predicted molar refractivity (Wildman–Crippen MR) is 79.1 cm³/mol. The van der Waals surface area contributed by atoms with Crippen molar-refractivity contribution < 1.29 is 4.92 Å². The molecule has 1 aromatic rings. The van der Waals surface area contributed by atoms with Gasteiger partial charge in [-0.05, 0) is 40.9 Å². The number of halogens is 1. The van der Waals surface area contributed by atoms with Gasteiger partial charge >= 0.3 is 0 Å². The van der Waals surface area contributed by atoms with Crippen LogP contribution >= 0.6 is 15.9 Å². The molecule has 2 rings (SSSR count). The Morgan fingerprint density at radius 1 is 1.42 bits per heavy atom. The lowest BCUT2D eigenvalue weighted by Crippen LogP contribution is -2.32. The minimum atomic E-state index is -0.334. The van der Waals surface area contributed by atoms with Gasteiger partial charge in [0.15, 0.2) is 0 Å². The molecule has 1 fully saturated rings. The molecule has 19 heavy (non-hydrogen) atoms. The van der Waals surface area contributed by atoms with E-state index < -0.39 is 0 Å². The third-order valence-corrected chi connectivity index (χ3v) is 4.79. The Hall–Kier alpha value is -0.940. The molecule has 0 heterocycles. The zero-order valence-corrected chi connectivity index (χ0v) is 12.7. The number of rotatable bonds is 5. The molecule has 0 saturated heterocycles. The van der Waals surface area contributed by atoms with E-state index in [9.17, 15) is 10.1 Å². The third-order valence-electron chi connectivity index (χ3n) is 3.88. The topological polar surface area (TPSA) is 46.4 Å². The maximum absolute atomic E-state index is 10.9. The van der Waals surface area contributed by atoms with E-state index in [1.807, 2.05) is 6.07 Å². The molecule has 104 valence electrons. The summed E-state index contributed by atoms with van der Waals surface area (Å²) < 4.78 is 0.622. The van der Waals surface area contributed by atoms with Gasteiger partial charge in [-0.3, -0.25) is 15.0 Å². The van der Waals surface area contributed by atoms with Crippen molar-refractivity contribution in [1.82, 2.24) is 4.90 Å². The number of nitrogens with zero attached hydrogens (tertiary/aromatic N) is 2. The Balaban J connectivity index is 2.17. The molecule has 0 N–H and O–H groups in total. The molecule has 0 radical (unpaired) electrons. The van der Waals surface area contributed by atoms with Gasteiger partial charge in [0.2, 0.25) is 0 Å². The summed E-state index contributed by atoms with van der Waals surface area (Å²) >= 11 is 3.38. The Morgan fingerprint density at radius 3 is 2.68 bits per heavy atom. The zero-order chi connectivity index (χ0) is 13.8. The van der Waals surface area contributed by atoms with Crippen molar-refractivity contribution in [3.05, 3.63) is 38.3 Å². The van der Waals surface area contributed by atoms with Crippen LogP contribution in [0.2, 0.25) is 0 Å². The largest absolute Gasteiger partial charge is 0.296 e. The summed E-state index contributed by atoms with van der Waals surface area (Å²) in [6.07, 6.45) is 5.11. The summed E-state index contributed by atoms with van der Waals surface area (Å²) in [5.41, 5.74) is 1.16. The summed E-state index contributed by atoms with van der Waals surface area (Å²) in [5, 5.41) is 10.9. The number of nitro benzene ring substituents is 1. The molecule has 1 aliphatic rings. The molecule has 0 bridgehead atoms. The van der Waals surface area contributed by atoms with Crippen molar-refractivity contribution in [2.75, 3.05) is 6.54 Å². The first-order valence-corrected chi connectivity index (χ1v) is 7.58. The molecule has 1 saturated carbocycles. The van der Waals surface area contributed by atoms with Crippen LogP contribution in [0.15, 0.2) is 22.7 Å². The van der Waals surface area contributed by atoms with Crippen LogP contribution in [0.4, 0.5) is 5.69 Å². The Kier molecular flexibility index (Phi) is 4.93. The monoisotopic (exact) mass is 326 g/mol. The second kappa shape index (κ2) is 6.48. The quantitative estimate of drug-likeness (QED) is 0.604. The first-order chi connectivity index (χ1) is 9.13. The van der Waals surface area contributed by atoms with E-state index in [1.165, 1.54) is 25.7 Å². The second-order valence-corrected chi connectivity index (χ2v) is 5.80. The van der Waals surface area contributed by atoms with Crippen molar-refractivity contribution in [2.24, 2.45) is 0 Å². The molecule has 4 nitrogen and oxygen atoms in total. The van der Waals surface area contributed by atoms with Crippen LogP contribution < -0.4 is 0 Å². The van der Waals surface area contributed by atoms with Gasteiger partial charge in [-0.1, -0.05) is 31.9 Å². The molecule has 0 aromatic heterocycles. The molecule has 0 unspecified atom stereocenters. The van der Waals surface area contributed by atoms with Crippen molar-refractivity contribution in [3.63, 3.8) is 0 Å². The van der Waals surface area contributed by atoms with Crippen molar-refractivity contribution in [3.8, 4) is 0 Å². The maximum Gasteiger partial charge on any atom is 0.283 e. The van der Waals surface area contributed by atoms with E-state index in [1.54, 1.807) is 12.1 Å². The average molecular weight is 327 g/mol.